The van der Waals surface area contributed by atoms with E-state index in [4.69, 9.17) is 0 Å². The molecule has 1 N–H and O–H groups in total. The largest absolute Gasteiger partial charge is 0.378 e. The van der Waals surface area contributed by atoms with Crippen LogP contribution in [0.25, 0.3) is 0 Å². The fraction of sp³-hybridized carbons (Fsp3) is 0.444. The summed E-state index contributed by atoms with van der Waals surface area (Å²) >= 11 is 1.61. The molecule has 124 valence electrons. The molecule has 5 heteroatoms. The van der Waals surface area contributed by atoms with Crippen LogP contribution in [-0.4, -0.2) is 25.0 Å². The van der Waals surface area contributed by atoms with E-state index in [-0.39, 0.29) is 5.91 Å². The third kappa shape index (κ3) is 5.36. The Balaban J connectivity index is 1.76. The number of aromatic nitrogens is 1. The van der Waals surface area contributed by atoms with Crippen LogP contribution in [0.1, 0.15) is 42.5 Å². The molecule has 0 aliphatic rings. The maximum Gasteiger partial charge on any atom is 0.220 e. The summed E-state index contributed by atoms with van der Waals surface area (Å²) in [5, 5.41) is 5.99. The molecule has 0 atom stereocenters. The average Bonchev–Trinajstić information content (AvgIpc) is 3.00. The molecule has 1 aromatic carbocycles. The summed E-state index contributed by atoms with van der Waals surface area (Å²) in [5.41, 5.74) is 3.45. The first-order valence-corrected chi connectivity index (χ1v) is 8.81. The molecule has 0 spiro atoms. The number of hydrogen-bond donors (Lipinski definition) is 1. The first kappa shape index (κ1) is 17.5. The summed E-state index contributed by atoms with van der Waals surface area (Å²) in [4.78, 5) is 18.6. The molecule has 1 heterocycles. The van der Waals surface area contributed by atoms with Crippen molar-refractivity contribution in [3.8, 4) is 0 Å². The van der Waals surface area contributed by atoms with Crippen LogP contribution in [0.5, 0.6) is 0 Å². The lowest BCUT2D eigenvalue weighted by molar-refractivity contribution is -0.121. The highest BCUT2D eigenvalue weighted by atomic mass is 32.1. The summed E-state index contributed by atoms with van der Waals surface area (Å²) in [6.07, 6.45) is 1.26. The summed E-state index contributed by atoms with van der Waals surface area (Å²) < 4.78 is 0. The molecule has 0 aliphatic carbocycles. The van der Waals surface area contributed by atoms with Gasteiger partial charge in [-0.1, -0.05) is 26.0 Å². The van der Waals surface area contributed by atoms with Gasteiger partial charge in [0.1, 0.15) is 5.01 Å². The molecule has 0 bridgehead atoms. The maximum atomic E-state index is 12.0. The molecular formula is C18H25N3OS. The van der Waals surface area contributed by atoms with Crippen LogP contribution in [0.2, 0.25) is 0 Å². The molecule has 0 unspecified atom stereocenters. The van der Waals surface area contributed by atoms with Gasteiger partial charge < -0.3 is 10.2 Å². The van der Waals surface area contributed by atoms with E-state index >= 15 is 0 Å². The minimum absolute atomic E-state index is 0.0722. The van der Waals surface area contributed by atoms with Crippen molar-refractivity contribution < 1.29 is 4.79 Å². The average molecular weight is 331 g/mol. The van der Waals surface area contributed by atoms with Crippen LogP contribution in [0.4, 0.5) is 5.69 Å². The van der Waals surface area contributed by atoms with Crippen LogP contribution < -0.4 is 10.2 Å². The van der Waals surface area contributed by atoms with Gasteiger partial charge in [0.25, 0.3) is 0 Å². The Morgan fingerprint density at radius 1 is 1.26 bits per heavy atom. The second-order valence-corrected chi connectivity index (χ2v) is 7.10. The van der Waals surface area contributed by atoms with E-state index in [0.29, 0.717) is 18.9 Å². The van der Waals surface area contributed by atoms with E-state index in [0.717, 1.165) is 17.1 Å². The molecule has 0 aliphatic heterocycles. The lowest BCUT2D eigenvalue weighted by Gasteiger charge is -2.12. The number of aryl methyl sites for hydroxylation is 1. The highest BCUT2D eigenvalue weighted by molar-refractivity contribution is 7.09. The number of rotatable bonds is 7. The molecule has 2 aromatic rings. The van der Waals surface area contributed by atoms with Crippen LogP contribution >= 0.6 is 11.3 Å². The standard InChI is InChI=1S/C18H25N3OS/c1-13(2)16-12-23-18(20-16)11-19-17(22)10-7-14-5-8-15(9-6-14)21(3)4/h5-6,8-9,12-13H,7,10-11H2,1-4H3,(H,19,22). The molecule has 4 nitrogen and oxygen atoms in total. The Kier molecular flexibility index (Phi) is 6.16. The summed E-state index contributed by atoms with van der Waals surface area (Å²) in [7, 11) is 4.04. The molecule has 0 radical (unpaired) electrons. The van der Waals surface area contributed by atoms with Crippen molar-refractivity contribution in [3.63, 3.8) is 0 Å². The molecule has 1 aromatic heterocycles. The topological polar surface area (TPSA) is 45.2 Å². The van der Waals surface area contributed by atoms with Crippen molar-refractivity contribution in [3.05, 3.63) is 45.9 Å². The Labute approximate surface area is 142 Å². The number of nitrogens with one attached hydrogen (secondary N) is 1. The van der Waals surface area contributed by atoms with E-state index in [2.05, 4.69) is 58.7 Å². The van der Waals surface area contributed by atoms with E-state index < -0.39 is 0 Å². The number of carbonyl (C=O) groups is 1. The van der Waals surface area contributed by atoms with Gasteiger partial charge in [-0.15, -0.1) is 11.3 Å². The van der Waals surface area contributed by atoms with Crippen molar-refractivity contribution >= 4 is 22.9 Å². The Bertz CT molecular complexity index is 632. The zero-order chi connectivity index (χ0) is 16.8. The number of hydrogen-bond acceptors (Lipinski definition) is 4. The van der Waals surface area contributed by atoms with Crippen LogP contribution in [0.15, 0.2) is 29.6 Å². The van der Waals surface area contributed by atoms with Gasteiger partial charge >= 0.3 is 0 Å². The van der Waals surface area contributed by atoms with Gasteiger partial charge in [-0.25, -0.2) is 4.98 Å². The Hall–Kier alpha value is -1.88. The molecule has 0 fully saturated rings. The maximum absolute atomic E-state index is 12.0. The molecule has 1 amide bonds. The molecule has 23 heavy (non-hydrogen) atoms. The molecule has 0 saturated heterocycles. The van der Waals surface area contributed by atoms with Gasteiger partial charge in [0, 0.05) is 31.6 Å². The number of anilines is 1. The van der Waals surface area contributed by atoms with E-state index in [1.807, 2.05) is 14.1 Å². The quantitative estimate of drug-likeness (QED) is 0.843. The Morgan fingerprint density at radius 3 is 2.52 bits per heavy atom. The fourth-order valence-electron chi connectivity index (χ4n) is 2.15. The number of benzene rings is 1. The number of nitrogens with zero attached hydrogens (tertiary/aromatic N) is 2. The van der Waals surface area contributed by atoms with Crippen molar-refractivity contribution in [1.82, 2.24) is 10.3 Å². The monoisotopic (exact) mass is 331 g/mol. The normalized spacial score (nSPS) is 10.8. The lowest BCUT2D eigenvalue weighted by Crippen LogP contribution is -2.23. The van der Waals surface area contributed by atoms with Crippen LogP contribution in [-0.2, 0) is 17.8 Å². The van der Waals surface area contributed by atoms with Crippen molar-refractivity contribution in [1.29, 1.82) is 0 Å². The zero-order valence-electron chi connectivity index (χ0n) is 14.3. The van der Waals surface area contributed by atoms with Crippen molar-refractivity contribution in [2.24, 2.45) is 0 Å². The number of amides is 1. The van der Waals surface area contributed by atoms with Gasteiger partial charge in [0.2, 0.25) is 5.91 Å². The number of carbonyl (C=O) groups excluding carboxylic acids is 1. The summed E-state index contributed by atoms with van der Waals surface area (Å²) in [6.45, 7) is 4.77. The van der Waals surface area contributed by atoms with E-state index in [1.165, 1.54) is 11.3 Å². The van der Waals surface area contributed by atoms with Gasteiger partial charge in [-0.2, -0.15) is 0 Å². The van der Waals surface area contributed by atoms with Crippen LogP contribution in [0.3, 0.4) is 0 Å². The first-order valence-electron chi connectivity index (χ1n) is 7.93. The second-order valence-electron chi connectivity index (χ2n) is 6.16. The Morgan fingerprint density at radius 2 is 1.96 bits per heavy atom. The molecule has 2 rings (SSSR count). The highest BCUT2D eigenvalue weighted by Gasteiger charge is 2.07. The second kappa shape index (κ2) is 8.11. The van der Waals surface area contributed by atoms with E-state index in [9.17, 15) is 4.79 Å². The number of thiazole rings is 1. The smallest absolute Gasteiger partial charge is 0.220 e. The highest BCUT2D eigenvalue weighted by Crippen LogP contribution is 2.17. The zero-order valence-corrected chi connectivity index (χ0v) is 15.1. The van der Waals surface area contributed by atoms with Crippen molar-refractivity contribution in [2.75, 3.05) is 19.0 Å². The minimum Gasteiger partial charge on any atom is -0.378 e. The third-order valence-electron chi connectivity index (χ3n) is 3.69. The van der Waals surface area contributed by atoms with Gasteiger partial charge in [0.05, 0.1) is 12.2 Å². The predicted molar refractivity (Wildman–Crippen MR) is 97.1 cm³/mol. The molecule has 0 saturated carbocycles. The van der Waals surface area contributed by atoms with Gasteiger partial charge in [0.15, 0.2) is 0 Å². The minimum atomic E-state index is 0.0722. The molecular weight excluding hydrogens is 306 g/mol. The fourth-order valence-corrected chi connectivity index (χ4v) is 3.05. The predicted octanol–water partition coefficient (Wildman–Crippen LogP) is 3.58. The van der Waals surface area contributed by atoms with Gasteiger partial charge in [-0.05, 0) is 30.0 Å². The lowest BCUT2D eigenvalue weighted by atomic mass is 10.1. The summed E-state index contributed by atoms with van der Waals surface area (Å²) in [5.74, 6) is 0.504. The SMILES string of the molecule is CC(C)c1csc(CNC(=O)CCc2ccc(N(C)C)cc2)n1. The third-order valence-corrected chi connectivity index (χ3v) is 4.56. The van der Waals surface area contributed by atoms with Crippen molar-refractivity contribution in [2.45, 2.75) is 39.2 Å². The van der Waals surface area contributed by atoms with E-state index in [1.54, 1.807) is 11.3 Å². The van der Waals surface area contributed by atoms with Gasteiger partial charge in [-0.3, -0.25) is 4.79 Å². The summed E-state index contributed by atoms with van der Waals surface area (Å²) in [6, 6.07) is 8.32. The first-order chi connectivity index (χ1) is 11.0. The van der Waals surface area contributed by atoms with Crippen LogP contribution in [0, 0.1) is 0 Å².